The summed E-state index contributed by atoms with van der Waals surface area (Å²) in [5, 5.41) is 4.25. The fraction of sp³-hybridized carbons (Fsp3) is 0.280. The number of rotatable bonds is 9. The van der Waals surface area contributed by atoms with Gasteiger partial charge in [-0.2, -0.15) is 0 Å². The minimum Gasteiger partial charge on any atom is -0.354 e. The lowest BCUT2D eigenvalue weighted by Crippen LogP contribution is -2.34. The van der Waals surface area contributed by atoms with Crippen LogP contribution in [0, 0.1) is 0 Å². The van der Waals surface area contributed by atoms with Crippen molar-refractivity contribution in [1.29, 1.82) is 0 Å². The monoisotopic (exact) mass is 393 g/mol. The average molecular weight is 393 g/mol. The molecule has 0 aromatic heterocycles. The van der Waals surface area contributed by atoms with Crippen LogP contribution >= 0.6 is 7.26 Å². The summed E-state index contributed by atoms with van der Waals surface area (Å²) in [6.45, 7) is 4.59. The highest BCUT2D eigenvalue weighted by atomic mass is 31.2. The van der Waals surface area contributed by atoms with E-state index >= 15 is 0 Å². The van der Waals surface area contributed by atoms with Crippen molar-refractivity contribution in [2.24, 2.45) is 0 Å². The zero-order valence-corrected chi connectivity index (χ0v) is 17.9. The number of benzene rings is 3. The molecule has 3 rings (SSSR count). The summed E-state index contributed by atoms with van der Waals surface area (Å²) in [6.07, 6.45) is 2.03. The van der Waals surface area contributed by atoms with E-state index in [0.29, 0.717) is 6.61 Å². The highest BCUT2D eigenvalue weighted by molar-refractivity contribution is 7.95. The third kappa shape index (κ3) is 4.70. The second kappa shape index (κ2) is 9.47. The van der Waals surface area contributed by atoms with Crippen LogP contribution in [0.4, 0.5) is 0 Å². The van der Waals surface area contributed by atoms with Crippen LogP contribution in [0.25, 0.3) is 0 Å². The van der Waals surface area contributed by atoms with Crippen LogP contribution in [0.5, 0.6) is 0 Å². The molecule has 0 aliphatic carbocycles. The molecule has 28 heavy (non-hydrogen) atoms. The van der Waals surface area contributed by atoms with Gasteiger partial charge in [-0.3, -0.25) is 0 Å². The standard InChI is InChI=1S/C25H30O2P/c1-25(2,26-3)27-20-13-21-28(22-14-7-4-8-15-22,23-16-9-5-10-17-23)24-18-11-6-12-19-24/h4-12,14-19H,13,20-21H2,1-3H3/q+1. The average Bonchev–Trinajstić information content (AvgIpc) is 2.76. The van der Waals surface area contributed by atoms with Gasteiger partial charge in [0.1, 0.15) is 23.2 Å². The lowest BCUT2D eigenvalue weighted by Gasteiger charge is -2.28. The molecule has 0 aliphatic heterocycles. The zero-order valence-electron chi connectivity index (χ0n) is 17.0. The van der Waals surface area contributed by atoms with Gasteiger partial charge in [-0.15, -0.1) is 0 Å². The summed E-state index contributed by atoms with van der Waals surface area (Å²) in [7, 11) is -0.0748. The van der Waals surface area contributed by atoms with Gasteiger partial charge in [-0.05, 0) is 50.2 Å². The maximum atomic E-state index is 5.98. The minimum absolute atomic E-state index is 0.548. The first-order valence-electron chi connectivity index (χ1n) is 9.82. The van der Waals surface area contributed by atoms with E-state index in [4.69, 9.17) is 9.47 Å². The van der Waals surface area contributed by atoms with Crippen molar-refractivity contribution >= 4 is 23.2 Å². The van der Waals surface area contributed by atoms with Gasteiger partial charge in [0.05, 0.1) is 12.8 Å². The minimum atomic E-state index is -1.76. The van der Waals surface area contributed by atoms with Gasteiger partial charge >= 0.3 is 0 Å². The molecule has 0 unspecified atom stereocenters. The van der Waals surface area contributed by atoms with E-state index in [1.807, 2.05) is 13.8 Å². The zero-order chi connectivity index (χ0) is 19.9. The summed E-state index contributed by atoms with van der Waals surface area (Å²) in [6, 6.07) is 32.9. The molecule has 0 amide bonds. The first-order valence-corrected chi connectivity index (χ1v) is 11.8. The van der Waals surface area contributed by atoms with Crippen LogP contribution in [0.2, 0.25) is 0 Å². The van der Waals surface area contributed by atoms with Gasteiger partial charge in [-0.1, -0.05) is 54.6 Å². The van der Waals surface area contributed by atoms with Crippen LogP contribution in [-0.2, 0) is 9.47 Å². The molecule has 3 aromatic carbocycles. The topological polar surface area (TPSA) is 18.5 Å². The fourth-order valence-electron chi connectivity index (χ4n) is 3.56. The summed E-state index contributed by atoms with van der Waals surface area (Å²) < 4.78 is 11.4. The molecule has 3 heteroatoms. The number of ether oxygens (including phenoxy) is 2. The van der Waals surface area contributed by atoms with Crippen LogP contribution in [0.1, 0.15) is 20.3 Å². The molecule has 0 N–H and O–H groups in total. The highest BCUT2D eigenvalue weighted by Gasteiger charge is 2.44. The Morgan fingerprint density at radius 2 is 1.07 bits per heavy atom. The Balaban J connectivity index is 2.02. The first-order chi connectivity index (χ1) is 13.6. The Kier molecular flexibility index (Phi) is 7.02. The normalized spacial score (nSPS) is 12.1. The van der Waals surface area contributed by atoms with Crippen molar-refractivity contribution in [3.8, 4) is 0 Å². The van der Waals surface area contributed by atoms with Gasteiger partial charge in [0.25, 0.3) is 0 Å². The smallest absolute Gasteiger partial charge is 0.162 e. The Hall–Kier alpha value is -1.99. The van der Waals surface area contributed by atoms with Gasteiger partial charge in [-0.25, -0.2) is 0 Å². The van der Waals surface area contributed by atoms with E-state index < -0.39 is 13.0 Å². The van der Waals surface area contributed by atoms with E-state index in [1.54, 1.807) is 7.11 Å². The van der Waals surface area contributed by atoms with Gasteiger partial charge in [0.15, 0.2) is 5.79 Å². The lowest BCUT2D eigenvalue weighted by molar-refractivity contribution is -0.196. The van der Waals surface area contributed by atoms with Gasteiger partial charge < -0.3 is 9.47 Å². The van der Waals surface area contributed by atoms with Crippen LogP contribution in [-0.4, -0.2) is 25.7 Å². The SMILES string of the molecule is COC(C)(C)OCCC[P+](c1ccccc1)(c1ccccc1)c1ccccc1. The summed E-state index contributed by atoms with van der Waals surface area (Å²) in [5.41, 5.74) is 0. The Bertz CT molecular complexity index is 736. The van der Waals surface area contributed by atoms with Gasteiger partial charge in [0, 0.05) is 13.5 Å². The van der Waals surface area contributed by atoms with Crippen LogP contribution < -0.4 is 15.9 Å². The van der Waals surface area contributed by atoms with E-state index in [0.717, 1.165) is 12.6 Å². The second-order valence-corrected chi connectivity index (χ2v) is 11.0. The fourth-order valence-corrected chi connectivity index (χ4v) is 7.88. The Morgan fingerprint density at radius 1 is 0.679 bits per heavy atom. The Labute approximate surface area is 169 Å². The van der Waals surface area contributed by atoms with Crippen molar-refractivity contribution in [2.45, 2.75) is 26.1 Å². The Morgan fingerprint density at radius 3 is 1.43 bits per heavy atom. The molecular formula is C25H30O2P+. The third-order valence-electron chi connectivity index (χ3n) is 5.17. The molecular weight excluding hydrogens is 363 g/mol. The molecule has 0 fully saturated rings. The van der Waals surface area contributed by atoms with Crippen molar-refractivity contribution in [2.75, 3.05) is 19.9 Å². The summed E-state index contributed by atoms with van der Waals surface area (Å²) >= 11 is 0. The lowest BCUT2D eigenvalue weighted by atomic mass is 10.3. The largest absolute Gasteiger partial charge is 0.354 e. The van der Waals surface area contributed by atoms with E-state index in [1.165, 1.54) is 15.9 Å². The van der Waals surface area contributed by atoms with E-state index in [-0.39, 0.29) is 0 Å². The predicted molar refractivity (Wildman–Crippen MR) is 122 cm³/mol. The molecule has 0 saturated carbocycles. The molecule has 146 valence electrons. The molecule has 0 atom stereocenters. The number of hydrogen-bond acceptors (Lipinski definition) is 2. The predicted octanol–water partition coefficient (Wildman–Crippen LogP) is 4.77. The quantitative estimate of drug-likeness (QED) is 0.296. The first kappa shape index (κ1) is 20.7. The summed E-state index contributed by atoms with van der Waals surface area (Å²) in [5.74, 6) is -0.548. The van der Waals surface area contributed by atoms with Crippen molar-refractivity contribution in [3.05, 3.63) is 91.0 Å². The van der Waals surface area contributed by atoms with Crippen molar-refractivity contribution < 1.29 is 9.47 Å². The molecule has 0 saturated heterocycles. The number of hydrogen-bond donors (Lipinski definition) is 0. The van der Waals surface area contributed by atoms with Crippen molar-refractivity contribution in [3.63, 3.8) is 0 Å². The van der Waals surface area contributed by atoms with Crippen LogP contribution in [0.3, 0.4) is 0 Å². The molecule has 0 radical (unpaired) electrons. The van der Waals surface area contributed by atoms with Crippen molar-refractivity contribution in [1.82, 2.24) is 0 Å². The molecule has 3 aromatic rings. The van der Waals surface area contributed by atoms with E-state index in [9.17, 15) is 0 Å². The maximum absolute atomic E-state index is 5.98. The molecule has 0 bridgehead atoms. The van der Waals surface area contributed by atoms with Crippen LogP contribution in [0.15, 0.2) is 91.0 Å². The van der Waals surface area contributed by atoms with Gasteiger partial charge in [0.2, 0.25) is 0 Å². The van der Waals surface area contributed by atoms with E-state index in [2.05, 4.69) is 91.0 Å². The molecule has 0 aliphatic rings. The molecule has 2 nitrogen and oxygen atoms in total. The second-order valence-electron chi connectivity index (χ2n) is 7.35. The summed E-state index contributed by atoms with van der Waals surface area (Å²) in [4.78, 5) is 0. The molecule has 0 spiro atoms. The highest BCUT2D eigenvalue weighted by Crippen LogP contribution is 2.55. The third-order valence-corrected chi connectivity index (χ3v) is 9.70. The number of methoxy groups -OCH3 is 1. The maximum Gasteiger partial charge on any atom is 0.162 e. The molecule has 0 heterocycles.